The first-order valence-corrected chi connectivity index (χ1v) is 6.17. The van der Waals surface area contributed by atoms with E-state index in [2.05, 4.69) is 15.3 Å². The van der Waals surface area contributed by atoms with Gasteiger partial charge in [-0.2, -0.15) is 5.26 Å². The summed E-state index contributed by atoms with van der Waals surface area (Å²) in [4.78, 5) is 19.8. The molecule has 0 unspecified atom stereocenters. The van der Waals surface area contributed by atoms with Gasteiger partial charge in [-0.15, -0.1) is 0 Å². The van der Waals surface area contributed by atoms with E-state index in [1.54, 1.807) is 18.2 Å². The number of carbonyl (C=O) groups excluding carboxylic acids is 1. The molecule has 20 heavy (non-hydrogen) atoms. The monoisotopic (exact) mass is 266 g/mol. The average Bonchev–Trinajstić information content (AvgIpc) is 2.45. The van der Waals surface area contributed by atoms with Gasteiger partial charge in [-0.3, -0.25) is 9.78 Å². The SMILES string of the molecule is CC(=O)c1ccc(CNc2ccc(C#N)cn2)nc1C. The molecule has 0 aliphatic rings. The minimum absolute atomic E-state index is 0.0169. The van der Waals surface area contributed by atoms with Crippen LogP contribution in [0.1, 0.15) is 34.2 Å². The third-order valence-electron chi connectivity index (χ3n) is 2.87. The van der Waals surface area contributed by atoms with Crippen LogP contribution in [0.4, 0.5) is 5.82 Å². The number of hydrogen-bond acceptors (Lipinski definition) is 5. The van der Waals surface area contributed by atoms with Crippen molar-refractivity contribution in [1.29, 1.82) is 5.26 Å². The highest BCUT2D eigenvalue weighted by molar-refractivity contribution is 5.95. The molecule has 100 valence electrons. The van der Waals surface area contributed by atoms with Crippen LogP contribution in [0.2, 0.25) is 0 Å². The molecule has 0 aliphatic carbocycles. The molecule has 0 bridgehead atoms. The number of anilines is 1. The van der Waals surface area contributed by atoms with Crippen molar-refractivity contribution in [2.45, 2.75) is 20.4 Å². The van der Waals surface area contributed by atoms with E-state index < -0.39 is 0 Å². The lowest BCUT2D eigenvalue weighted by Gasteiger charge is -2.07. The number of nitriles is 1. The zero-order chi connectivity index (χ0) is 14.5. The van der Waals surface area contributed by atoms with Crippen LogP contribution in [0, 0.1) is 18.3 Å². The molecule has 0 radical (unpaired) electrons. The summed E-state index contributed by atoms with van der Waals surface area (Å²) in [6.07, 6.45) is 1.51. The molecule has 5 heteroatoms. The predicted molar refractivity (Wildman–Crippen MR) is 75.3 cm³/mol. The molecule has 0 saturated heterocycles. The number of aromatic nitrogens is 2. The van der Waals surface area contributed by atoms with Gasteiger partial charge in [0.2, 0.25) is 0 Å². The van der Waals surface area contributed by atoms with Gasteiger partial charge in [0.25, 0.3) is 0 Å². The Hall–Kier alpha value is -2.74. The maximum atomic E-state index is 11.3. The second-order valence-corrected chi connectivity index (χ2v) is 4.39. The molecule has 0 fully saturated rings. The highest BCUT2D eigenvalue weighted by atomic mass is 16.1. The van der Waals surface area contributed by atoms with Crippen molar-refractivity contribution in [1.82, 2.24) is 9.97 Å². The number of carbonyl (C=O) groups is 1. The summed E-state index contributed by atoms with van der Waals surface area (Å²) in [7, 11) is 0. The number of hydrogen-bond donors (Lipinski definition) is 1. The summed E-state index contributed by atoms with van der Waals surface area (Å²) < 4.78 is 0. The molecule has 0 aromatic carbocycles. The van der Waals surface area contributed by atoms with Crippen LogP contribution in [0.15, 0.2) is 30.5 Å². The molecule has 0 aliphatic heterocycles. The Balaban J connectivity index is 2.05. The fourth-order valence-corrected chi connectivity index (χ4v) is 1.83. The van der Waals surface area contributed by atoms with Crippen molar-refractivity contribution < 1.29 is 4.79 Å². The van der Waals surface area contributed by atoms with Crippen molar-refractivity contribution in [2.75, 3.05) is 5.32 Å². The molecule has 2 aromatic heterocycles. The van der Waals surface area contributed by atoms with Crippen LogP contribution in [-0.2, 0) is 6.54 Å². The maximum Gasteiger partial charge on any atom is 0.161 e. The molecule has 2 aromatic rings. The van der Waals surface area contributed by atoms with Crippen LogP contribution < -0.4 is 5.32 Å². The first-order chi connectivity index (χ1) is 9.60. The molecule has 0 amide bonds. The third kappa shape index (κ3) is 3.18. The first-order valence-electron chi connectivity index (χ1n) is 6.17. The van der Waals surface area contributed by atoms with Gasteiger partial charge in [0, 0.05) is 17.5 Å². The molecule has 2 heterocycles. The van der Waals surface area contributed by atoms with Gasteiger partial charge in [0.1, 0.15) is 11.9 Å². The average molecular weight is 266 g/mol. The molecular weight excluding hydrogens is 252 g/mol. The minimum Gasteiger partial charge on any atom is -0.364 e. The zero-order valence-corrected chi connectivity index (χ0v) is 11.3. The molecule has 0 atom stereocenters. The fraction of sp³-hybridized carbons (Fsp3) is 0.200. The van der Waals surface area contributed by atoms with Gasteiger partial charge in [0.05, 0.1) is 17.8 Å². The van der Waals surface area contributed by atoms with E-state index in [4.69, 9.17) is 5.26 Å². The van der Waals surface area contributed by atoms with E-state index in [0.29, 0.717) is 23.5 Å². The summed E-state index contributed by atoms with van der Waals surface area (Å²) >= 11 is 0. The van der Waals surface area contributed by atoms with Crippen LogP contribution >= 0.6 is 0 Å². The second-order valence-electron chi connectivity index (χ2n) is 4.39. The summed E-state index contributed by atoms with van der Waals surface area (Å²) in [5.41, 5.74) is 2.73. The lowest BCUT2D eigenvalue weighted by molar-refractivity contribution is 0.101. The van der Waals surface area contributed by atoms with E-state index in [1.807, 2.05) is 19.1 Å². The van der Waals surface area contributed by atoms with Gasteiger partial charge < -0.3 is 5.32 Å². The van der Waals surface area contributed by atoms with Crippen LogP contribution in [-0.4, -0.2) is 15.8 Å². The van der Waals surface area contributed by atoms with Gasteiger partial charge in [-0.05, 0) is 38.1 Å². The Bertz CT molecular complexity index is 671. The van der Waals surface area contributed by atoms with E-state index in [0.717, 1.165) is 11.4 Å². The maximum absolute atomic E-state index is 11.3. The summed E-state index contributed by atoms with van der Waals surface area (Å²) in [5, 5.41) is 11.8. The first kappa shape index (κ1) is 13.7. The zero-order valence-electron chi connectivity index (χ0n) is 11.3. The smallest absolute Gasteiger partial charge is 0.161 e. The predicted octanol–water partition coefficient (Wildman–Crippen LogP) is 2.47. The normalized spacial score (nSPS) is 9.85. The Labute approximate surface area is 117 Å². The standard InChI is InChI=1S/C15H14N4O/c1-10-14(11(2)20)5-4-13(19-10)9-18-15-6-3-12(7-16)8-17-15/h3-6,8H,9H2,1-2H3,(H,17,18). The number of nitrogens with zero attached hydrogens (tertiary/aromatic N) is 3. The minimum atomic E-state index is 0.0169. The Morgan fingerprint density at radius 3 is 2.70 bits per heavy atom. The number of ketones is 1. The van der Waals surface area contributed by atoms with E-state index in [1.165, 1.54) is 13.1 Å². The lowest BCUT2D eigenvalue weighted by atomic mass is 10.1. The van der Waals surface area contributed by atoms with Gasteiger partial charge in [0.15, 0.2) is 5.78 Å². The number of nitrogens with one attached hydrogen (secondary N) is 1. The molecule has 1 N–H and O–H groups in total. The number of aryl methyl sites for hydroxylation is 1. The second kappa shape index (κ2) is 5.93. The summed E-state index contributed by atoms with van der Waals surface area (Å²) in [6, 6.07) is 9.07. The largest absolute Gasteiger partial charge is 0.364 e. The van der Waals surface area contributed by atoms with E-state index in [9.17, 15) is 4.79 Å². The van der Waals surface area contributed by atoms with E-state index in [-0.39, 0.29) is 5.78 Å². The molecule has 2 rings (SSSR count). The van der Waals surface area contributed by atoms with E-state index >= 15 is 0 Å². The number of rotatable bonds is 4. The summed E-state index contributed by atoms with van der Waals surface area (Å²) in [6.45, 7) is 3.86. The molecule has 5 nitrogen and oxygen atoms in total. The quantitative estimate of drug-likeness (QED) is 0.860. The topological polar surface area (TPSA) is 78.7 Å². The van der Waals surface area contributed by atoms with Gasteiger partial charge >= 0.3 is 0 Å². The molecule has 0 saturated carbocycles. The van der Waals surface area contributed by atoms with Crippen LogP contribution in [0.25, 0.3) is 0 Å². The number of pyridine rings is 2. The van der Waals surface area contributed by atoms with Gasteiger partial charge in [-0.1, -0.05) is 0 Å². The summed E-state index contributed by atoms with van der Waals surface area (Å²) in [5.74, 6) is 0.697. The van der Waals surface area contributed by atoms with Crippen molar-refractivity contribution in [3.63, 3.8) is 0 Å². The Morgan fingerprint density at radius 2 is 2.15 bits per heavy atom. The van der Waals surface area contributed by atoms with Crippen LogP contribution in [0.3, 0.4) is 0 Å². The van der Waals surface area contributed by atoms with Crippen molar-refractivity contribution in [3.05, 3.63) is 53.0 Å². The lowest BCUT2D eigenvalue weighted by Crippen LogP contribution is -2.06. The fourth-order valence-electron chi connectivity index (χ4n) is 1.83. The third-order valence-corrected chi connectivity index (χ3v) is 2.87. The van der Waals surface area contributed by atoms with Crippen molar-refractivity contribution in [3.8, 4) is 6.07 Å². The van der Waals surface area contributed by atoms with Crippen molar-refractivity contribution >= 4 is 11.6 Å². The Kier molecular flexibility index (Phi) is 4.06. The Morgan fingerprint density at radius 1 is 1.35 bits per heavy atom. The van der Waals surface area contributed by atoms with Crippen molar-refractivity contribution in [2.24, 2.45) is 0 Å². The highest BCUT2D eigenvalue weighted by Gasteiger charge is 2.06. The highest BCUT2D eigenvalue weighted by Crippen LogP contribution is 2.10. The van der Waals surface area contributed by atoms with Gasteiger partial charge in [-0.25, -0.2) is 4.98 Å². The molecule has 0 spiro atoms. The number of Topliss-reactive ketones (excluding diaryl/α,β-unsaturated/α-hetero) is 1. The van der Waals surface area contributed by atoms with Crippen LogP contribution in [0.5, 0.6) is 0 Å². The molecular formula is C15H14N4O.